The minimum Gasteiger partial charge on any atom is -0.373 e. The maximum absolute atomic E-state index is 8.85. The van der Waals surface area contributed by atoms with E-state index < -0.39 is 0 Å². The number of rotatable bonds is 5. The summed E-state index contributed by atoms with van der Waals surface area (Å²) >= 11 is 0. The van der Waals surface area contributed by atoms with E-state index in [0.717, 1.165) is 31.7 Å². The highest BCUT2D eigenvalue weighted by Crippen LogP contribution is 2.34. The first-order valence-corrected chi connectivity index (χ1v) is 7.40. The van der Waals surface area contributed by atoms with Gasteiger partial charge in [0.15, 0.2) is 5.69 Å². The Balaban J connectivity index is 1.65. The summed E-state index contributed by atoms with van der Waals surface area (Å²) < 4.78 is 7.77. The molecule has 0 unspecified atom stereocenters. The molecule has 1 aliphatic rings. The van der Waals surface area contributed by atoms with E-state index in [1.165, 1.54) is 6.20 Å². The van der Waals surface area contributed by atoms with Crippen molar-refractivity contribution in [2.24, 2.45) is 5.92 Å². The fourth-order valence-corrected chi connectivity index (χ4v) is 2.65. The van der Waals surface area contributed by atoms with Crippen LogP contribution in [0.15, 0.2) is 24.8 Å². The third-order valence-corrected chi connectivity index (χ3v) is 3.81. The van der Waals surface area contributed by atoms with Gasteiger partial charge in [-0.3, -0.25) is 9.67 Å². The Bertz CT molecular complexity index is 677. The molecule has 7 nitrogen and oxygen atoms in total. The van der Waals surface area contributed by atoms with Crippen LogP contribution in [-0.4, -0.2) is 32.9 Å². The maximum atomic E-state index is 8.85. The van der Waals surface area contributed by atoms with Crippen molar-refractivity contribution in [2.75, 3.05) is 18.5 Å². The van der Waals surface area contributed by atoms with Gasteiger partial charge in [0.2, 0.25) is 0 Å². The van der Waals surface area contributed by atoms with Crippen molar-refractivity contribution in [3.05, 3.63) is 36.0 Å². The van der Waals surface area contributed by atoms with Gasteiger partial charge in [-0.1, -0.05) is 0 Å². The van der Waals surface area contributed by atoms with Gasteiger partial charge in [-0.05, 0) is 13.3 Å². The SMILES string of the molecule is CCn1cc([C@@H]2OCC[C@H]2CNc2cncc(C#N)n2)cn1. The van der Waals surface area contributed by atoms with E-state index in [9.17, 15) is 0 Å². The number of aromatic nitrogens is 4. The highest BCUT2D eigenvalue weighted by atomic mass is 16.5. The number of anilines is 1. The van der Waals surface area contributed by atoms with Gasteiger partial charge in [0.05, 0.1) is 24.7 Å². The van der Waals surface area contributed by atoms with E-state index in [0.29, 0.717) is 17.4 Å². The number of nitrogens with zero attached hydrogens (tertiary/aromatic N) is 5. The fraction of sp³-hybridized carbons (Fsp3) is 0.467. The third kappa shape index (κ3) is 3.07. The normalized spacial score (nSPS) is 20.7. The standard InChI is InChI=1S/C15H18N6O/c1-2-21-10-12(7-19-21)15-11(3-4-22-15)6-18-14-9-17-8-13(5-16)20-14/h7-11,15H,2-4,6H2,1H3,(H,18,20)/t11-,15+/m0/s1. The van der Waals surface area contributed by atoms with Crippen molar-refractivity contribution in [1.82, 2.24) is 19.7 Å². The molecule has 2 aromatic rings. The lowest BCUT2D eigenvalue weighted by Gasteiger charge is -2.18. The molecule has 0 amide bonds. The van der Waals surface area contributed by atoms with E-state index in [-0.39, 0.29) is 6.10 Å². The summed E-state index contributed by atoms with van der Waals surface area (Å²) in [6.07, 6.45) is 8.04. The first-order chi connectivity index (χ1) is 10.8. The van der Waals surface area contributed by atoms with Gasteiger partial charge in [0.25, 0.3) is 0 Å². The first-order valence-electron chi connectivity index (χ1n) is 7.40. The van der Waals surface area contributed by atoms with Gasteiger partial charge in [0, 0.05) is 37.4 Å². The fourth-order valence-electron chi connectivity index (χ4n) is 2.65. The van der Waals surface area contributed by atoms with E-state index in [1.54, 1.807) is 6.20 Å². The average Bonchev–Trinajstić information content (AvgIpc) is 3.21. The zero-order valence-electron chi connectivity index (χ0n) is 12.4. The number of hydrogen-bond acceptors (Lipinski definition) is 6. The van der Waals surface area contributed by atoms with Gasteiger partial charge in [0.1, 0.15) is 11.9 Å². The first kappa shape index (κ1) is 14.5. The van der Waals surface area contributed by atoms with Crippen LogP contribution in [0.1, 0.15) is 30.7 Å². The Labute approximate surface area is 129 Å². The molecule has 7 heteroatoms. The van der Waals surface area contributed by atoms with Crippen LogP contribution in [0.4, 0.5) is 5.82 Å². The molecule has 0 radical (unpaired) electrons. The molecular formula is C15H18N6O. The van der Waals surface area contributed by atoms with Crippen LogP contribution in [0.25, 0.3) is 0 Å². The van der Waals surface area contributed by atoms with Crippen molar-refractivity contribution in [1.29, 1.82) is 5.26 Å². The molecular weight excluding hydrogens is 280 g/mol. The van der Waals surface area contributed by atoms with E-state index in [4.69, 9.17) is 10.00 Å². The second kappa shape index (κ2) is 6.54. The van der Waals surface area contributed by atoms with Crippen LogP contribution in [0.2, 0.25) is 0 Å². The van der Waals surface area contributed by atoms with Crippen LogP contribution in [0, 0.1) is 17.2 Å². The molecule has 2 aromatic heterocycles. The Hall–Kier alpha value is -2.46. The zero-order chi connectivity index (χ0) is 15.4. The van der Waals surface area contributed by atoms with Crippen molar-refractivity contribution < 1.29 is 4.74 Å². The molecule has 2 atom stereocenters. The van der Waals surface area contributed by atoms with Gasteiger partial charge in [-0.2, -0.15) is 10.4 Å². The Morgan fingerprint density at radius 1 is 1.45 bits per heavy atom. The minimum absolute atomic E-state index is 0.0555. The van der Waals surface area contributed by atoms with Crippen molar-refractivity contribution in [3.63, 3.8) is 0 Å². The summed E-state index contributed by atoms with van der Waals surface area (Å²) in [6.45, 7) is 4.39. The summed E-state index contributed by atoms with van der Waals surface area (Å²) in [5.41, 5.74) is 1.43. The lowest BCUT2D eigenvalue weighted by molar-refractivity contribution is 0.0932. The van der Waals surface area contributed by atoms with E-state index in [1.807, 2.05) is 23.1 Å². The zero-order valence-corrected chi connectivity index (χ0v) is 12.4. The van der Waals surface area contributed by atoms with Gasteiger partial charge < -0.3 is 10.1 Å². The molecule has 0 aromatic carbocycles. The average molecular weight is 298 g/mol. The lowest BCUT2D eigenvalue weighted by atomic mass is 9.97. The molecule has 0 spiro atoms. The molecule has 0 bridgehead atoms. The number of ether oxygens (including phenoxy) is 1. The molecule has 1 saturated heterocycles. The second-order valence-corrected chi connectivity index (χ2v) is 5.25. The smallest absolute Gasteiger partial charge is 0.161 e. The summed E-state index contributed by atoms with van der Waals surface area (Å²) in [5, 5.41) is 16.4. The molecule has 1 fully saturated rings. The highest BCUT2D eigenvalue weighted by Gasteiger charge is 2.30. The van der Waals surface area contributed by atoms with E-state index >= 15 is 0 Å². The van der Waals surface area contributed by atoms with Crippen molar-refractivity contribution in [3.8, 4) is 6.07 Å². The predicted molar refractivity (Wildman–Crippen MR) is 79.9 cm³/mol. The molecule has 1 N–H and O–H groups in total. The van der Waals surface area contributed by atoms with Gasteiger partial charge >= 0.3 is 0 Å². The summed E-state index contributed by atoms with van der Waals surface area (Å²) in [5.74, 6) is 0.969. The highest BCUT2D eigenvalue weighted by molar-refractivity contribution is 5.34. The Kier molecular flexibility index (Phi) is 4.30. The van der Waals surface area contributed by atoms with Crippen molar-refractivity contribution in [2.45, 2.75) is 26.0 Å². The van der Waals surface area contributed by atoms with Crippen LogP contribution in [-0.2, 0) is 11.3 Å². The predicted octanol–water partition coefficient (Wildman–Crippen LogP) is 1.75. The summed E-state index contributed by atoms with van der Waals surface area (Å²) in [6, 6.07) is 1.99. The number of nitrogens with one attached hydrogen (secondary N) is 1. The maximum Gasteiger partial charge on any atom is 0.161 e. The third-order valence-electron chi connectivity index (χ3n) is 3.81. The monoisotopic (exact) mass is 298 g/mol. The topological polar surface area (TPSA) is 88.6 Å². The van der Waals surface area contributed by atoms with Crippen molar-refractivity contribution >= 4 is 5.82 Å². The molecule has 0 aliphatic carbocycles. The second-order valence-electron chi connectivity index (χ2n) is 5.25. The summed E-state index contributed by atoms with van der Waals surface area (Å²) in [7, 11) is 0. The molecule has 0 saturated carbocycles. The number of nitriles is 1. The largest absolute Gasteiger partial charge is 0.373 e. The van der Waals surface area contributed by atoms with Crippen LogP contribution in [0.3, 0.4) is 0 Å². The quantitative estimate of drug-likeness (QED) is 0.904. The number of hydrogen-bond donors (Lipinski definition) is 1. The Morgan fingerprint density at radius 3 is 3.14 bits per heavy atom. The molecule has 3 heterocycles. The molecule has 1 aliphatic heterocycles. The lowest BCUT2D eigenvalue weighted by Crippen LogP contribution is -2.18. The molecule has 114 valence electrons. The number of aryl methyl sites for hydroxylation is 1. The van der Waals surface area contributed by atoms with Crippen LogP contribution >= 0.6 is 0 Å². The molecule has 22 heavy (non-hydrogen) atoms. The van der Waals surface area contributed by atoms with Crippen LogP contribution in [0.5, 0.6) is 0 Å². The summed E-state index contributed by atoms with van der Waals surface area (Å²) in [4.78, 5) is 8.18. The van der Waals surface area contributed by atoms with E-state index in [2.05, 4.69) is 27.3 Å². The van der Waals surface area contributed by atoms with Gasteiger partial charge in [-0.25, -0.2) is 4.98 Å². The minimum atomic E-state index is 0.0555. The Morgan fingerprint density at radius 2 is 2.36 bits per heavy atom. The van der Waals surface area contributed by atoms with Gasteiger partial charge in [-0.15, -0.1) is 0 Å². The van der Waals surface area contributed by atoms with Crippen LogP contribution < -0.4 is 5.32 Å². The molecule has 3 rings (SSSR count).